The van der Waals surface area contributed by atoms with Crippen LogP contribution in [-0.4, -0.2) is 11.0 Å². The first-order valence-electron chi connectivity index (χ1n) is 5.41. The van der Waals surface area contributed by atoms with Gasteiger partial charge in [0.15, 0.2) is 5.84 Å². The largest absolute Gasteiger partial charge is 0.409 e. The van der Waals surface area contributed by atoms with Crippen molar-refractivity contribution in [2.24, 2.45) is 10.9 Å². The number of oxime groups is 1. The molecule has 2 aromatic carbocycles. The molecule has 0 heterocycles. The molecule has 0 saturated carbocycles. The average molecular weight is 359 g/mol. The Labute approximate surface area is 126 Å². The second-order valence-electron chi connectivity index (χ2n) is 3.81. The molecular weight excluding hydrogens is 350 g/mol. The molecule has 2 aromatic rings. The van der Waals surface area contributed by atoms with Crippen LogP contribution in [0.5, 0.6) is 0 Å². The standard InChI is InChI=1S/C13H9BrF2N2OS/c14-9-5-7(13(17)18-19)1-4-11(9)20-12-6-8(15)2-3-10(12)16/h1-6,19H,(H2,17,18). The van der Waals surface area contributed by atoms with E-state index >= 15 is 0 Å². The molecule has 0 unspecified atom stereocenters. The SMILES string of the molecule is N/C(=N/O)c1ccc(Sc2cc(F)ccc2F)c(Br)c1. The number of benzene rings is 2. The molecule has 0 amide bonds. The van der Waals surface area contributed by atoms with Gasteiger partial charge in [0.05, 0.1) is 4.90 Å². The van der Waals surface area contributed by atoms with Crippen LogP contribution in [-0.2, 0) is 0 Å². The van der Waals surface area contributed by atoms with Crippen molar-refractivity contribution in [2.75, 3.05) is 0 Å². The van der Waals surface area contributed by atoms with Gasteiger partial charge in [-0.3, -0.25) is 0 Å². The molecule has 2 rings (SSSR count). The molecule has 0 atom stereocenters. The van der Waals surface area contributed by atoms with Crippen molar-refractivity contribution in [3.63, 3.8) is 0 Å². The smallest absolute Gasteiger partial charge is 0.170 e. The zero-order chi connectivity index (χ0) is 14.7. The summed E-state index contributed by atoms with van der Waals surface area (Å²) < 4.78 is 27.3. The van der Waals surface area contributed by atoms with Gasteiger partial charge in [-0.05, 0) is 52.3 Å². The van der Waals surface area contributed by atoms with Crippen molar-refractivity contribution in [1.82, 2.24) is 0 Å². The van der Waals surface area contributed by atoms with E-state index in [1.165, 1.54) is 0 Å². The van der Waals surface area contributed by atoms with E-state index in [0.717, 1.165) is 30.0 Å². The Hall–Kier alpha value is -1.60. The van der Waals surface area contributed by atoms with Crippen molar-refractivity contribution in [3.8, 4) is 0 Å². The summed E-state index contributed by atoms with van der Waals surface area (Å²) >= 11 is 4.39. The Morgan fingerprint density at radius 2 is 1.90 bits per heavy atom. The molecule has 0 bridgehead atoms. The highest BCUT2D eigenvalue weighted by Gasteiger charge is 2.10. The molecule has 3 nitrogen and oxygen atoms in total. The molecule has 20 heavy (non-hydrogen) atoms. The summed E-state index contributed by atoms with van der Waals surface area (Å²) in [6, 6.07) is 8.20. The first-order chi connectivity index (χ1) is 9.51. The van der Waals surface area contributed by atoms with Gasteiger partial charge in [-0.25, -0.2) is 8.78 Å². The van der Waals surface area contributed by atoms with E-state index in [9.17, 15) is 8.78 Å². The molecule has 0 aliphatic rings. The monoisotopic (exact) mass is 358 g/mol. The summed E-state index contributed by atoms with van der Waals surface area (Å²) in [7, 11) is 0. The van der Waals surface area contributed by atoms with Crippen LogP contribution in [0.25, 0.3) is 0 Å². The Balaban J connectivity index is 2.33. The minimum atomic E-state index is -0.502. The maximum atomic E-state index is 13.6. The van der Waals surface area contributed by atoms with Gasteiger partial charge >= 0.3 is 0 Å². The molecule has 0 saturated heterocycles. The number of nitrogens with two attached hydrogens (primary N) is 1. The quantitative estimate of drug-likeness (QED) is 0.377. The van der Waals surface area contributed by atoms with E-state index in [1.807, 2.05) is 0 Å². The van der Waals surface area contributed by atoms with E-state index < -0.39 is 11.6 Å². The van der Waals surface area contributed by atoms with Gasteiger partial charge in [0.1, 0.15) is 11.6 Å². The first kappa shape index (κ1) is 14.8. The Morgan fingerprint density at radius 1 is 1.15 bits per heavy atom. The van der Waals surface area contributed by atoms with Crippen LogP contribution < -0.4 is 5.73 Å². The van der Waals surface area contributed by atoms with E-state index in [1.54, 1.807) is 18.2 Å². The van der Waals surface area contributed by atoms with E-state index in [-0.39, 0.29) is 10.7 Å². The van der Waals surface area contributed by atoms with E-state index in [2.05, 4.69) is 21.1 Å². The van der Waals surface area contributed by atoms with Crippen LogP contribution in [0.3, 0.4) is 0 Å². The third-order valence-electron chi connectivity index (χ3n) is 2.45. The van der Waals surface area contributed by atoms with Crippen LogP contribution in [0, 0.1) is 11.6 Å². The van der Waals surface area contributed by atoms with Crippen LogP contribution in [0.15, 0.2) is 55.8 Å². The number of halogens is 3. The van der Waals surface area contributed by atoms with Crippen molar-refractivity contribution in [3.05, 3.63) is 58.1 Å². The number of amidine groups is 1. The third-order valence-corrected chi connectivity index (χ3v) is 4.48. The molecule has 0 aliphatic heterocycles. The maximum absolute atomic E-state index is 13.6. The minimum Gasteiger partial charge on any atom is -0.409 e. The highest BCUT2D eigenvalue weighted by molar-refractivity contribution is 9.10. The van der Waals surface area contributed by atoms with Crippen LogP contribution >= 0.6 is 27.7 Å². The number of rotatable bonds is 3. The van der Waals surface area contributed by atoms with Gasteiger partial charge in [-0.15, -0.1) is 0 Å². The summed E-state index contributed by atoms with van der Waals surface area (Å²) in [6.07, 6.45) is 0. The van der Waals surface area contributed by atoms with Crippen LogP contribution in [0.2, 0.25) is 0 Å². The van der Waals surface area contributed by atoms with Crippen LogP contribution in [0.1, 0.15) is 5.56 Å². The second-order valence-corrected chi connectivity index (χ2v) is 5.75. The zero-order valence-corrected chi connectivity index (χ0v) is 12.4. The van der Waals surface area contributed by atoms with Gasteiger partial charge in [-0.2, -0.15) is 0 Å². The molecule has 104 valence electrons. The average Bonchev–Trinajstić information content (AvgIpc) is 2.44. The fourth-order valence-corrected chi connectivity index (χ4v) is 2.96. The van der Waals surface area contributed by atoms with Gasteiger partial charge in [0.2, 0.25) is 0 Å². The minimum absolute atomic E-state index is 0.0285. The van der Waals surface area contributed by atoms with Gasteiger partial charge in [0, 0.05) is 14.9 Å². The Kier molecular flexibility index (Phi) is 4.61. The lowest BCUT2D eigenvalue weighted by molar-refractivity contribution is 0.318. The van der Waals surface area contributed by atoms with Crippen molar-refractivity contribution in [1.29, 1.82) is 0 Å². The van der Waals surface area contributed by atoms with Gasteiger partial charge in [-0.1, -0.05) is 16.9 Å². The molecule has 0 radical (unpaired) electrons. The number of nitrogens with zero attached hydrogens (tertiary/aromatic N) is 1. The van der Waals surface area contributed by atoms with E-state index in [0.29, 0.717) is 14.9 Å². The third kappa shape index (κ3) is 3.29. The van der Waals surface area contributed by atoms with Gasteiger partial charge in [0.25, 0.3) is 0 Å². The van der Waals surface area contributed by atoms with Crippen molar-refractivity contribution >= 4 is 33.5 Å². The highest BCUT2D eigenvalue weighted by atomic mass is 79.9. The lowest BCUT2D eigenvalue weighted by Crippen LogP contribution is -2.12. The predicted molar refractivity (Wildman–Crippen MR) is 77.1 cm³/mol. The Morgan fingerprint density at radius 3 is 2.55 bits per heavy atom. The molecule has 0 fully saturated rings. The fourth-order valence-electron chi connectivity index (χ4n) is 1.47. The fraction of sp³-hybridized carbons (Fsp3) is 0. The zero-order valence-electron chi connectivity index (χ0n) is 9.98. The van der Waals surface area contributed by atoms with Gasteiger partial charge < -0.3 is 10.9 Å². The van der Waals surface area contributed by atoms with E-state index in [4.69, 9.17) is 10.9 Å². The summed E-state index contributed by atoms with van der Waals surface area (Å²) in [5, 5.41) is 11.5. The summed E-state index contributed by atoms with van der Waals surface area (Å²) in [5.41, 5.74) is 5.99. The molecule has 0 aliphatic carbocycles. The predicted octanol–water partition coefficient (Wildman–Crippen LogP) is 3.97. The highest BCUT2D eigenvalue weighted by Crippen LogP contribution is 2.35. The van der Waals surface area contributed by atoms with Crippen molar-refractivity contribution < 1.29 is 14.0 Å². The topological polar surface area (TPSA) is 58.6 Å². The van der Waals surface area contributed by atoms with Crippen molar-refractivity contribution in [2.45, 2.75) is 9.79 Å². The molecule has 0 aromatic heterocycles. The summed E-state index contributed by atoms with van der Waals surface area (Å²) in [4.78, 5) is 0.867. The lowest BCUT2D eigenvalue weighted by Gasteiger charge is -2.07. The first-order valence-corrected chi connectivity index (χ1v) is 7.02. The number of hydrogen-bond acceptors (Lipinski definition) is 3. The molecular formula is C13H9BrF2N2OS. The maximum Gasteiger partial charge on any atom is 0.170 e. The normalized spacial score (nSPS) is 11.7. The summed E-state index contributed by atoms with van der Waals surface area (Å²) in [6.45, 7) is 0. The molecule has 0 spiro atoms. The second kappa shape index (κ2) is 6.23. The van der Waals surface area contributed by atoms with Crippen LogP contribution in [0.4, 0.5) is 8.78 Å². The lowest BCUT2D eigenvalue weighted by atomic mass is 10.2. The molecule has 7 heteroatoms. The molecule has 3 N–H and O–H groups in total. The summed E-state index contributed by atoms with van der Waals surface area (Å²) in [5.74, 6) is -1.03. The number of hydrogen-bond donors (Lipinski definition) is 2. The Bertz CT molecular complexity index is 679.